The molecule has 0 spiro atoms. The summed E-state index contributed by atoms with van der Waals surface area (Å²) in [6.45, 7) is 0.914. The van der Waals surface area contributed by atoms with Gasteiger partial charge in [0.25, 0.3) is 0 Å². The summed E-state index contributed by atoms with van der Waals surface area (Å²) >= 11 is 0. The lowest BCUT2D eigenvalue weighted by Gasteiger charge is -2.19. The number of hydrogen-bond donors (Lipinski definition) is 1. The molecule has 27 heavy (non-hydrogen) atoms. The number of fused-ring (bicyclic) bond motifs is 2. The molecule has 0 radical (unpaired) electrons. The molecule has 1 aromatic rings. The van der Waals surface area contributed by atoms with Crippen LogP contribution in [0.2, 0.25) is 0 Å². The first-order valence-corrected chi connectivity index (χ1v) is 9.64. The highest BCUT2D eigenvalue weighted by Gasteiger charge is 2.47. The lowest BCUT2D eigenvalue weighted by molar-refractivity contribution is -0.140. The molecule has 1 aromatic carbocycles. The number of imide groups is 1. The molecule has 7 heteroatoms. The van der Waals surface area contributed by atoms with Crippen molar-refractivity contribution in [3.63, 3.8) is 0 Å². The number of ether oxygens (including phenoxy) is 2. The summed E-state index contributed by atoms with van der Waals surface area (Å²) in [4.78, 5) is 38.2. The predicted molar refractivity (Wildman–Crippen MR) is 96.1 cm³/mol. The van der Waals surface area contributed by atoms with Gasteiger partial charge in [0.1, 0.15) is 0 Å². The fourth-order valence-electron chi connectivity index (χ4n) is 4.20. The zero-order chi connectivity index (χ0) is 18.8. The largest absolute Gasteiger partial charge is 0.454 e. The Hall–Kier alpha value is -2.57. The predicted octanol–water partition coefficient (Wildman–Crippen LogP) is 1.64. The third-order valence-corrected chi connectivity index (χ3v) is 5.67. The van der Waals surface area contributed by atoms with Crippen molar-refractivity contribution in [1.82, 2.24) is 10.2 Å². The minimum absolute atomic E-state index is 0.0853. The molecule has 0 bridgehead atoms. The van der Waals surface area contributed by atoms with Gasteiger partial charge in [-0.3, -0.25) is 19.3 Å². The Bertz CT molecular complexity index is 739. The summed E-state index contributed by atoms with van der Waals surface area (Å²) in [5.41, 5.74) is 1.05. The molecular weight excluding hydrogens is 348 g/mol. The second-order valence-corrected chi connectivity index (χ2v) is 7.36. The molecule has 3 amide bonds. The quantitative estimate of drug-likeness (QED) is 0.768. The van der Waals surface area contributed by atoms with Gasteiger partial charge in [0, 0.05) is 19.5 Å². The van der Waals surface area contributed by atoms with E-state index >= 15 is 0 Å². The molecule has 1 saturated heterocycles. The molecule has 2 fully saturated rings. The zero-order valence-electron chi connectivity index (χ0n) is 15.2. The number of rotatable bonds is 6. The van der Waals surface area contributed by atoms with E-state index in [1.54, 1.807) is 0 Å². The Morgan fingerprint density at radius 3 is 2.52 bits per heavy atom. The fourth-order valence-corrected chi connectivity index (χ4v) is 4.20. The number of carbonyl (C=O) groups excluding carboxylic acids is 3. The van der Waals surface area contributed by atoms with Crippen molar-refractivity contribution in [2.45, 2.75) is 38.5 Å². The zero-order valence-corrected chi connectivity index (χ0v) is 15.2. The third kappa shape index (κ3) is 3.63. The lowest BCUT2D eigenvalue weighted by Crippen LogP contribution is -2.35. The van der Waals surface area contributed by atoms with Gasteiger partial charge >= 0.3 is 0 Å². The van der Waals surface area contributed by atoms with Crippen molar-refractivity contribution in [1.29, 1.82) is 0 Å². The van der Waals surface area contributed by atoms with Gasteiger partial charge < -0.3 is 14.8 Å². The summed E-state index contributed by atoms with van der Waals surface area (Å²) in [7, 11) is 0. The Morgan fingerprint density at radius 2 is 1.78 bits per heavy atom. The van der Waals surface area contributed by atoms with Crippen molar-refractivity contribution in [3.05, 3.63) is 23.8 Å². The smallest absolute Gasteiger partial charge is 0.233 e. The first-order chi connectivity index (χ1) is 13.1. The summed E-state index contributed by atoms with van der Waals surface area (Å²) in [6.07, 6.45) is 4.44. The normalized spacial score (nSPS) is 23.5. The molecule has 1 aliphatic carbocycles. The Labute approximate surface area is 158 Å². The molecular formula is C20H24N2O5. The number of benzene rings is 1. The van der Waals surface area contributed by atoms with E-state index in [0.29, 0.717) is 13.0 Å². The van der Waals surface area contributed by atoms with Crippen LogP contribution < -0.4 is 14.8 Å². The Morgan fingerprint density at radius 1 is 1.07 bits per heavy atom. The molecule has 7 nitrogen and oxygen atoms in total. The maximum absolute atomic E-state index is 12.4. The molecule has 0 aromatic heterocycles. The van der Waals surface area contributed by atoms with Crippen LogP contribution >= 0.6 is 0 Å². The SMILES string of the molecule is O=C(CCN1C(=O)C2CCCCC2C1=O)NCCc1ccc2c(c1)OCO2. The van der Waals surface area contributed by atoms with Gasteiger partial charge in [0.2, 0.25) is 24.5 Å². The van der Waals surface area contributed by atoms with Crippen molar-refractivity contribution >= 4 is 17.7 Å². The van der Waals surface area contributed by atoms with Crippen molar-refractivity contribution in [2.75, 3.05) is 19.9 Å². The highest BCUT2D eigenvalue weighted by atomic mass is 16.7. The number of likely N-dealkylation sites (tertiary alicyclic amines) is 1. The third-order valence-electron chi connectivity index (χ3n) is 5.67. The monoisotopic (exact) mass is 372 g/mol. The number of amides is 3. The second kappa shape index (κ2) is 7.58. The number of hydrogen-bond acceptors (Lipinski definition) is 5. The van der Waals surface area contributed by atoms with Gasteiger partial charge in [0.05, 0.1) is 11.8 Å². The standard InChI is InChI=1S/C20H24N2O5/c23-18(21-9-7-13-5-6-16-17(11-13)27-12-26-16)8-10-22-19(24)14-3-1-2-4-15(14)20(22)25/h5-6,11,14-15H,1-4,7-10,12H2,(H,21,23). The Kier molecular flexibility index (Phi) is 5.01. The van der Waals surface area contributed by atoms with E-state index in [-0.39, 0.29) is 49.3 Å². The van der Waals surface area contributed by atoms with E-state index in [1.807, 2.05) is 18.2 Å². The van der Waals surface area contributed by atoms with Gasteiger partial charge in [-0.1, -0.05) is 18.9 Å². The van der Waals surface area contributed by atoms with Crippen LogP contribution in [-0.4, -0.2) is 42.5 Å². The van der Waals surface area contributed by atoms with E-state index in [0.717, 1.165) is 42.7 Å². The first-order valence-electron chi connectivity index (χ1n) is 9.64. The maximum atomic E-state index is 12.4. The summed E-state index contributed by atoms with van der Waals surface area (Å²) < 4.78 is 10.6. The van der Waals surface area contributed by atoms with Gasteiger partial charge in [-0.15, -0.1) is 0 Å². The summed E-state index contributed by atoms with van der Waals surface area (Å²) in [5.74, 6) is 0.845. The highest BCUT2D eigenvalue weighted by molar-refractivity contribution is 6.05. The van der Waals surface area contributed by atoms with Crippen LogP contribution in [0.1, 0.15) is 37.7 Å². The number of nitrogens with one attached hydrogen (secondary N) is 1. The van der Waals surface area contributed by atoms with Crippen molar-refractivity contribution in [2.24, 2.45) is 11.8 Å². The van der Waals surface area contributed by atoms with E-state index in [2.05, 4.69) is 5.32 Å². The fraction of sp³-hybridized carbons (Fsp3) is 0.550. The topological polar surface area (TPSA) is 84.9 Å². The van der Waals surface area contributed by atoms with Crippen LogP contribution in [0.4, 0.5) is 0 Å². The maximum Gasteiger partial charge on any atom is 0.233 e. The van der Waals surface area contributed by atoms with Gasteiger partial charge in [-0.25, -0.2) is 0 Å². The average molecular weight is 372 g/mol. The van der Waals surface area contributed by atoms with Crippen LogP contribution in [0.5, 0.6) is 11.5 Å². The minimum atomic E-state index is -0.152. The van der Waals surface area contributed by atoms with Gasteiger partial charge in [-0.05, 0) is 37.0 Å². The molecule has 2 atom stereocenters. The minimum Gasteiger partial charge on any atom is -0.454 e. The average Bonchev–Trinajstić information content (AvgIpc) is 3.24. The number of nitrogens with zero attached hydrogens (tertiary/aromatic N) is 1. The van der Waals surface area contributed by atoms with Crippen molar-refractivity contribution < 1.29 is 23.9 Å². The van der Waals surface area contributed by atoms with Crippen molar-refractivity contribution in [3.8, 4) is 11.5 Å². The van der Waals surface area contributed by atoms with Crippen LogP contribution in [0.25, 0.3) is 0 Å². The number of carbonyl (C=O) groups is 3. The summed E-state index contributed by atoms with van der Waals surface area (Å²) in [6, 6.07) is 5.73. The molecule has 2 heterocycles. The van der Waals surface area contributed by atoms with Crippen LogP contribution in [-0.2, 0) is 20.8 Å². The Balaban J connectivity index is 1.22. The van der Waals surface area contributed by atoms with Gasteiger partial charge in [0.15, 0.2) is 11.5 Å². The first kappa shape index (κ1) is 17.8. The van der Waals surface area contributed by atoms with E-state index in [1.165, 1.54) is 4.90 Å². The molecule has 2 unspecified atom stereocenters. The van der Waals surface area contributed by atoms with E-state index < -0.39 is 0 Å². The summed E-state index contributed by atoms with van der Waals surface area (Å²) in [5, 5.41) is 2.85. The van der Waals surface area contributed by atoms with Crippen LogP contribution in [0.15, 0.2) is 18.2 Å². The molecule has 1 N–H and O–H groups in total. The molecule has 2 aliphatic heterocycles. The van der Waals surface area contributed by atoms with Crippen LogP contribution in [0, 0.1) is 11.8 Å². The van der Waals surface area contributed by atoms with E-state index in [4.69, 9.17) is 9.47 Å². The molecule has 144 valence electrons. The molecule has 1 saturated carbocycles. The lowest BCUT2D eigenvalue weighted by atomic mass is 9.81. The van der Waals surface area contributed by atoms with Crippen LogP contribution in [0.3, 0.4) is 0 Å². The molecule has 4 rings (SSSR count). The highest BCUT2D eigenvalue weighted by Crippen LogP contribution is 2.38. The second-order valence-electron chi connectivity index (χ2n) is 7.36. The molecule has 3 aliphatic rings. The van der Waals surface area contributed by atoms with Gasteiger partial charge in [-0.2, -0.15) is 0 Å². The van der Waals surface area contributed by atoms with E-state index in [9.17, 15) is 14.4 Å².